The maximum absolute atomic E-state index is 11.9. The van der Waals surface area contributed by atoms with Gasteiger partial charge in [-0.3, -0.25) is 4.79 Å². The first kappa shape index (κ1) is 14.6. The van der Waals surface area contributed by atoms with Crippen LogP contribution in [-0.2, 0) is 4.79 Å². The molecule has 112 valence electrons. The molecule has 2 heterocycles. The molecule has 4 nitrogen and oxygen atoms in total. The third kappa shape index (κ3) is 3.14. The maximum atomic E-state index is 11.9. The predicted molar refractivity (Wildman–Crippen MR) is 85.4 cm³/mol. The van der Waals surface area contributed by atoms with Crippen LogP contribution in [0.1, 0.15) is 37.2 Å². The monoisotopic (exact) mass is 286 g/mol. The van der Waals surface area contributed by atoms with Crippen molar-refractivity contribution < 1.29 is 9.82 Å². The van der Waals surface area contributed by atoms with E-state index >= 15 is 0 Å². The SMILES string of the molecule is CB(O)N1CCC(c2cccc(N3CCCC3=O)c2)CC1. The van der Waals surface area contributed by atoms with E-state index in [4.69, 9.17) is 0 Å². The lowest BCUT2D eigenvalue weighted by atomic mass is 9.79. The Morgan fingerprint density at radius 2 is 2.00 bits per heavy atom. The van der Waals surface area contributed by atoms with E-state index in [2.05, 4.69) is 23.0 Å². The van der Waals surface area contributed by atoms with Crippen LogP contribution in [0.3, 0.4) is 0 Å². The summed E-state index contributed by atoms with van der Waals surface area (Å²) in [5.74, 6) is 0.786. The quantitative estimate of drug-likeness (QED) is 0.865. The minimum atomic E-state index is -0.348. The molecule has 0 saturated carbocycles. The van der Waals surface area contributed by atoms with E-state index in [-0.39, 0.29) is 13.0 Å². The summed E-state index contributed by atoms with van der Waals surface area (Å²) in [6.07, 6.45) is 3.79. The third-order valence-electron chi connectivity index (χ3n) is 4.78. The van der Waals surface area contributed by atoms with Gasteiger partial charge < -0.3 is 14.7 Å². The predicted octanol–water partition coefficient (Wildman–Crippen LogP) is 2.10. The number of carbonyl (C=O) groups is 1. The largest absolute Gasteiger partial charge is 0.437 e. The Bertz CT molecular complexity index is 513. The zero-order valence-electron chi connectivity index (χ0n) is 12.7. The number of piperidine rings is 1. The van der Waals surface area contributed by atoms with E-state index < -0.39 is 0 Å². The molecule has 0 unspecified atom stereocenters. The fourth-order valence-corrected chi connectivity index (χ4v) is 3.47. The van der Waals surface area contributed by atoms with Crippen LogP contribution in [0.2, 0.25) is 6.82 Å². The van der Waals surface area contributed by atoms with Crippen LogP contribution in [0, 0.1) is 0 Å². The van der Waals surface area contributed by atoms with Gasteiger partial charge in [0.2, 0.25) is 5.91 Å². The Kier molecular flexibility index (Phi) is 4.31. The van der Waals surface area contributed by atoms with Gasteiger partial charge in [0.05, 0.1) is 0 Å². The van der Waals surface area contributed by atoms with E-state index in [0.29, 0.717) is 12.3 Å². The smallest absolute Gasteiger partial charge is 0.376 e. The highest BCUT2D eigenvalue weighted by Crippen LogP contribution is 2.31. The summed E-state index contributed by atoms with van der Waals surface area (Å²) in [7, 11) is -0.348. The summed E-state index contributed by atoms with van der Waals surface area (Å²) < 4.78 is 0. The summed E-state index contributed by atoms with van der Waals surface area (Å²) in [5.41, 5.74) is 2.38. The highest BCUT2D eigenvalue weighted by molar-refractivity contribution is 6.45. The van der Waals surface area contributed by atoms with Crippen LogP contribution >= 0.6 is 0 Å². The molecule has 1 N–H and O–H groups in total. The Balaban J connectivity index is 1.70. The number of amides is 1. The molecule has 21 heavy (non-hydrogen) atoms. The van der Waals surface area contributed by atoms with Crippen molar-refractivity contribution >= 4 is 18.6 Å². The van der Waals surface area contributed by atoms with Gasteiger partial charge in [0.1, 0.15) is 0 Å². The van der Waals surface area contributed by atoms with Crippen molar-refractivity contribution in [1.82, 2.24) is 4.81 Å². The van der Waals surface area contributed by atoms with E-state index in [9.17, 15) is 9.82 Å². The van der Waals surface area contributed by atoms with Gasteiger partial charge in [-0.25, -0.2) is 0 Å². The minimum absolute atomic E-state index is 0.246. The average Bonchev–Trinajstić information content (AvgIpc) is 2.94. The lowest BCUT2D eigenvalue weighted by Crippen LogP contribution is -2.42. The van der Waals surface area contributed by atoms with E-state index in [1.807, 2.05) is 17.8 Å². The fraction of sp³-hybridized carbons (Fsp3) is 0.562. The molecule has 0 aliphatic carbocycles. The van der Waals surface area contributed by atoms with Crippen molar-refractivity contribution in [3.8, 4) is 0 Å². The zero-order valence-corrected chi connectivity index (χ0v) is 12.7. The lowest BCUT2D eigenvalue weighted by Gasteiger charge is -2.33. The van der Waals surface area contributed by atoms with Gasteiger partial charge in [0.25, 0.3) is 0 Å². The zero-order chi connectivity index (χ0) is 14.8. The summed E-state index contributed by atoms with van der Waals surface area (Å²) in [4.78, 5) is 15.9. The summed E-state index contributed by atoms with van der Waals surface area (Å²) >= 11 is 0. The second-order valence-electron chi connectivity index (χ2n) is 6.19. The molecule has 0 aromatic heterocycles. The van der Waals surface area contributed by atoms with Gasteiger partial charge in [-0.1, -0.05) is 12.1 Å². The minimum Gasteiger partial charge on any atom is -0.437 e. The highest BCUT2D eigenvalue weighted by Gasteiger charge is 2.26. The van der Waals surface area contributed by atoms with Crippen molar-refractivity contribution in [3.05, 3.63) is 29.8 Å². The lowest BCUT2D eigenvalue weighted by molar-refractivity contribution is -0.117. The third-order valence-corrected chi connectivity index (χ3v) is 4.78. The van der Waals surface area contributed by atoms with Gasteiger partial charge >= 0.3 is 7.05 Å². The number of hydrogen-bond acceptors (Lipinski definition) is 3. The van der Waals surface area contributed by atoms with Crippen LogP contribution in [0.5, 0.6) is 0 Å². The standard InChI is InChI=1S/C16H23BN2O2/c1-17(21)18-10-7-13(8-11-18)14-4-2-5-15(12-14)19-9-3-6-16(19)20/h2,4-5,12-13,21H,3,6-11H2,1H3. The normalized spacial score (nSPS) is 21.0. The molecule has 1 aromatic carbocycles. The number of hydrogen-bond donors (Lipinski definition) is 1. The fourth-order valence-electron chi connectivity index (χ4n) is 3.47. The van der Waals surface area contributed by atoms with Crippen molar-refractivity contribution in [1.29, 1.82) is 0 Å². The first-order chi connectivity index (χ1) is 10.1. The van der Waals surface area contributed by atoms with Crippen molar-refractivity contribution in [3.63, 3.8) is 0 Å². The van der Waals surface area contributed by atoms with Crippen molar-refractivity contribution in [2.75, 3.05) is 24.5 Å². The first-order valence-electron chi connectivity index (χ1n) is 7.97. The van der Waals surface area contributed by atoms with Gasteiger partial charge in [-0.05, 0) is 62.8 Å². The summed E-state index contributed by atoms with van der Waals surface area (Å²) in [6, 6.07) is 8.47. The molecular formula is C16H23BN2O2. The number of anilines is 1. The Labute approximate surface area is 126 Å². The second kappa shape index (κ2) is 6.20. The molecule has 1 amide bonds. The number of nitrogens with zero attached hydrogens (tertiary/aromatic N) is 2. The van der Waals surface area contributed by atoms with E-state index in [1.165, 1.54) is 5.56 Å². The summed E-state index contributed by atoms with van der Waals surface area (Å²) in [6.45, 7) is 4.56. The molecule has 1 aromatic rings. The second-order valence-corrected chi connectivity index (χ2v) is 6.19. The van der Waals surface area contributed by atoms with Crippen molar-refractivity contribution in [2.24, 2.45) is 0 Å². The summed E-state index contributed by atoms with van der Waals surface area (Å²) in [5, 5.41) is 9.63. The molecule has 3 rings (SSSR count). The molecule has 5 heteroatoms. The number of carbonyl (C=O) groups excluding carboxylic acids is 1. The first-order valence-corrected chi connectivity index (χ1v) is 7.97. The molecular weight excluding hydrogens is 263 g/mol. The number of benzene rings is 1. The highest BCUT2D eigenvalue weighted by atomic mass is 16.2. The van der Waals surface area contributed by atoms with Crippen molar-refractivity contribution in [2.45, 2.75) is 38.4 Å². The molecule has 0 atom stereocenters. The van der Waals surface area contributed by atoms with Crippen LogP contribution in [-0.4, -0.2) is 42.4 Å². The molecule has 2 fully saturated rings. The van der Waals surface area contributed by atoms with Crippen LogP contribution in [0.15, 0.2) is 24.3 Å². The maximum Gasteiger partial charge on any atom is 0.376 e. The van der Waals surface area contributed by atoms with Gasteiger partial charge in [0.15, 0.2) is 0 Å². The van der Waals surface area contributed by atoms with Gasteiger partial charge in [-0.15, -0.1) is 0 Å². The van der Waals surface area contributed by atoms with Crippen LogP contribution in [0.4, 0.5) is 5.69 Å². The van der Waals surface area contributed by atoms with Crippen LogP contribution < -0.4 is 4.90 Å². The van der Waals surface area contributed by atoms with E-state index in [0.717, 1.165) is 44.6 Å². The topological polar surface area (TPSA) is 43.8 Å². The Hall–Kier alpha value is -1.33. The molecule has 2 aliphatic heterocycles. The molecule has 0 radical (unpaired) electrons. The van der Waals surface area contributed by atoms with Crippen LogP contribution in [0.25, 0.3) is 0 Å². The van der Waals surface area contributed by atoms with Gasteiger partial charge in [0, 0.05) is 18.7 Å². The Morgan fingerprint density at radius 1 is 1.24 bits per heavy atom. The van der Waals surface area contributed by atoms with E-state index in [1.54, 1.807) is 0 Å². The van der Waals surface area contributed by atoms with Gasteiger partial charge in [-0.2, -0.15) is 0 Å². The average molecular weight is 286 g/mol. The Morgan fingerprint density at radius 3 is 2.62 bits per heavy atom. The molecule has 2 aliphatic rings. The molecule has 0 bridgehead atoms. The molecule has 0 spiro atoms. The molecule has 2 saturated heterocycles. The number of rotatable bonds is 3.